The molecule has 0 spiro atoms. The molecule has 0 aromatic rings. The van der Waals surface area contributed by atoms with Crippen LogP contribution in [-0.4, -0.2) is 21.6 Å². The van der Waals surface area contributed by atoms with Gasteiger partial charge in [0, 0.05) is 12.0 Å². The summed E-state index contributed by atoms with van der Waals surface area (Å²) >= 11 is 0. The van der Waals surface area contributed by atoms with Gasteiger partial charge in [0.15, 0.2) is 0 Å². The molecule has 0 aromatic carbocycles. The van der Waals surface area contributed by atoms with E-state index in [1.165, 1.54) is 0 Å². The third-order valence-electron chi connectivity index (χ3n) is 1.33. The molecule has 0 aliphatic carbocycles. The smallest absolute Gasteiger partial charge is 0.257 e. The predicted octanol–water partition coefficient (Wildman–Crippen LogP) is -0.123. The summed E-state index contributed by atoms with van der Waals surface area (Å²) in [6, 6.07) is 0. The lowest BCUT2D eigenvalue weighted by atomic mass is 9.96. The van der Waals surface area contributed by atoms with Crippen molar-refractivity contribution in [2.45, 2.75) is 13.8 Å². The van der Waals surface area contributed by atoms with Gasteiger partial charge in [-0.15, -0.1) is 0 Å². The molecular weight excluding hydrogens is 154 g/mol. The average molecular weight is 165 g/mol. The predicted molar refractivity (Wildman–Crippen MR) is 36.7 cm³/mol. The maximum atomic E-state index is 10.6. The first-order chi connectivity index (χ1) is 4.41. The van der Waals surface area contributed by atoms with Gasteiger partial charge < -0.3 is 0 Å². The van der Waals surface area contributed by atoms with Gasteiger partial charge in [-0.25, -0.2) is 0 Å². The van der Waals surface area contributed by atoms with Crippen molar-refractivity contribution in [2.24, 2.45) is 5.41 Å². The van der Waals surface area contributed by atoms with Gasteiger partial charge in [0.2, 0.25) is 0 Å². The Hall–Kier alpha value is -0.130. The second-order valence-electron chi connectivity index (χ2n) is 3.20. The lowest BCUT2D eigenvalue weighted by Gasteiger charge is -2.28. The van der Waals surface area contributed by atoms with Gasteiger partial charge in [-0.2, -0.15) is 13.1 Å². The van der Waals surface area contributed by atoms with Crippen LogP contribution in [0.2, 0.25) is 0 Å². The average Bonchev–Trinajstić information content (AvgIpc) is 1.79. The molecule has 1 rings (SSSR count). The van der Waals surface area contributed by atoms with Crippen molar-refractivity contribution in [1.29, 1.82) is 0 Å². The van der Waals surface area contributed by atoms with Crippen LogP contribution in [-0.2, 0) is 14.5 Å². The molecule has 0 bridgehead atoms. The molecule has 0 radical (unpaired) electrons. The summed E-state index contributed by atoms with van der Waals surface area (Å²) in [5, 5.41) is 0. The molecule has 1 N–H and O–H groups in total. The highest BCUT2D eigenvalue weighted by Gasteiger charge is 2.29. The Morgan fingerprint density at radius 3 is 2.40 bits per heavy atom. The minimum Gasteiger partial charge on any atom is -0.257 e. The first-order valence-corrected chi connectivity index (χ1v) is 4.46. The molecule has 0 unspecified atom stereocenters. The van der Waals surface area contributed by atoms with E-state index in [1.807, 2.05) is 13.8 Å². The maximum Gasteiger partial charge on any atom is 0.335 e. The molecule has 10 heavy (non-hydrogen) atoms. The van der Waals surface area contributed by atoms with E-state index < -0.39 is 10.3 Å². The first kappa shape index (κ1) is 7.97. The lowest BCUT2D eigenvalue weighted by Crippen LogP contribution is -2.44. The van der Waals surface area contributed by atoms with Crippen molar-refractivity contribution in [2.75, 3.05) is 13.2 Å². The monoisotopic (exact) mass is 165 g/mol. The Kier molecular flexibility index (Phi) is 1.74. The van der Waals surface area contributed by atoms with Gasteiger partial charge in [-0.3, -0.25) is 4.18 Å². The van der Waals surface area contributed by atoms with Gasteiger partial charge in [0.05, 0.1) is 6.61 Å². The summed E-state index contributed by atoms with van der Waals surface area (Å²) < 4.78 is 28.1. The Labute approximate surface area is 60.8 Å². The third-order valence-corrected chi connectivity index (χ3v) is 2.26. The van der Waals surface area contributed by atoms with Crippen molar-refractivity contribution < 1.29 is 12.6 Å². The van der Waals surface area contributed by atoms with Gasteiger partial charge >= 0.3 is 10.3 Å². The fourth-order valence-corrected chi connectivity index (χ4v) is 1.74. The zero-order valence-corrected chi connectivity index (χ0v) is 6.86. The van der Waals surface area contributed by atoms with Crippen LogP contribution in [0.3, 0.4) is 0 Å². The van der Waals surface area contributed by atoms with Crippen molar-refractivity contribution in [3.63, 3.8) is 0 Å². The molecule has 5 heteroatoms. The largest absolute Gasteiger partial charge is 0.335 e. The lowest BCUT2D eigenvalue weighted by molar-refractivity contribution is 0.159. The quantitative estimate of drug-likeness (QED) is 0.544. The van der Waals surface area contributed by atoms with Gasteiger partial charge in [0.1, 0.15) is 0 Å². The Bertz CT molecular complexity index is 203. The van der Waals surface area contributed by atoms with Crippen LogP contribution in [0.1, 0.15) is 13.8 Å². The van der Waals surface area contributed by atoms with E-state index in [-0.39, 0.29) is 12.0 Å². The highest BCUT2D eigenvalue weighted by molar-refractivity contribution is 7.84. The third kappa shape index (κ3) is 1.93. The zero-order valence-electron chi connectivity index (χ0n) is 6.05. The molecule has 1 saturated heterocycles. The number of hydrogen-bond acceptors (Lipinski definition) is 3. The fraction of sp³-hybridized carbons (Fsp3) is 1.00. The van der Waals surface area contributed by atoms with Crippen LogP contribution in [0.4, 0.5) is 0 Å². The molecule has 1 heterocycles. The van der Waals surface area contributed by atoms with E-state index in [0.717, 1.165) is 0 Å². The standard InChI is InChI=1S/C5H11NO3S/c1-5(2)3-6-10(7,8)9-4-5/h6H,3-4H2,1-2H3. The van der Waals surface area contributed by atoms with E-state index in [2.05, 4.69) is 8.91 Å². The van der Waals surface area contributed by atoms with E-state index >= 15 is 0 Å². The second-order valence-corrected chi connectivity index (χ2v) is 4.63. The summed E-state index contributed by atoms with van der Waals surface area (Å²) in [5.74, 6) is 0. The van der Waals surface area contributed by atoms with Crippen LogP contribution in [0.25, 0.3) is 0 Å². The topological polar surface area (TPSA) is 55.4 Å². The van der Waals surface area contributed by atoms with Crippen LogP contribution in [0, 0.1) is 5.41 Å². The zero-order chi connectivity index (χ0) is 7.83. The van der Waals surface area contributed by atoms with Crippen molar-refractivity contribution in [3.8, 4) is 0 Å². The fourth-order valence-electron chi connectivity index (χ4n) is 0.614. The van der Waals surface area contributed by atoms with Gasteiger partial charge in [0.25, 0.3) is 0 Å². The maximum absolute atomic E-state index is 10.6. The molecule has 0 aromatic heterocycles. The van der Waals surface area contributed by atoms with E-state index in [0.29, 0.717) is 6.54 Å². The Morgan fingerprint density at radius 1 is 1.50 bits per heavy atom. The highest BCUT2D eigenvalue weighted by Crippen LogP contribution is 2.18. The van der Waals surface area contributed by atoms with E-state index in [4.69, 9.17) is 0 Å². The van der Waals surface area contributed by atoms with Crippen LogP contribution < -0.4 is 4.72 Å². The minimum atomic E-state index is -3.40. The number of nitrogens with one attached hydrogen (secondary N) is 1. The Balaban J connectivity index is 2.63. The molecule has 1 aliphatic rings. The van der Waals surface area contributed by atoms with Crippen LogP contribution >= 0.6 is 0 Å². The molecule has 60 valence electrons. The minimum absolute atomic E-state index is 0.0781. The summed E-state index contributed by atoms with van der Waals surface area (Å²) in [4.78, 5) is 0. The van der Waals surface area contributed by atoms with Crippen molar-refractivity contribution in [1.82, 2.24) is 4.72 Å². The van der Waals surface area contributed by atoms with Gasteiger partial charge in [-0.05, 0) is 0 Å². The molecular formula is C5H11NO3S. The molecule has 1 fully saturated rings. The van der Waals surface area contributed by atoms with E-state index in [1.54, 1.807) is 0 Å². The molecule has 0 atom stereocenters. The molecule has 4 nitrogen and oxygen atoms in total. The van der Waals surface area contributed by atoms with Crippen molar-refractivity contribution >= 4 is 10.3 Å². The summed E-state index contributed by atoms with van der Waals surface area (Å²) in [7, 11) is -3.40. The number of rotatable bonds is 0. The van der Waals surface area contributed by atoms with E-state index in [9.17, 15) is 8.42 Å². The normalized spacial score (nSPS) is 29.8. The second kappa shape index (κ2) is 2.18. The first-order valence-electron chi connectivity index (χ1n) is 3.05. The Morgan fingerprint density at radius 2 is 2.10 bits per heavy atom. The molecule has 0 amide bonds. The van der Waals surface area contributed by atoms with Crippen LogP contribution in [0.15, 0.2) is 0 Å². The molecule has 0 saturated carbocycles. The van der Waals surface area contributed by atoms with Crippen molar-refractivity contribution in [3.05, 3.63) is 0 Å². The highest BCUT2D eigenvalue weighted by atomic mass is 32.2. The summed E-state index contributed by atoms with van der Waals surface area (Å²) in [6.07, 6.45) is 0. The SMILES string of the molecule is CC1(C)CNS(=O)(=O)OC1. The number of hydrogen-bond donors (Lipinski definition) is 1. The summed E-state index contributed by atoms with van der Waals surface area (Å²) in [5.41, 5.74) is -0.0781. The van der Waals surface area contributed by atoms with Crippen LogP contribution in [0.5, 0.6) is 0 Å². The van der Waals surface area contributed by atoms with Gasteiger partial charge in [-0.1, -0.05) is 13.8 Å². The summed E-state index contributed by atoms with van der Waals surface area (Å²) in [6.45, 7) is 4.60. The molecule has 1 aliphatic heterocycles.